The minimum atomic E-state index is -0.869. The van der Waals surface area contributed by atoms with Gasteiger partial charge in [-0.1, -0.05) is 20.8 Å². The standard InChI is InChI=1S/C15H19NO2/c1-5-10-6-11-13(8(2)3)9(4)16-14(11)12(7-10)15(17)18/h6-8,16H,5H2,1-4H3,(H,17,18). The smallest absolute Gasteiger partial charge is 0.337 e. The predicted octanol–water partition coefficient (Wildman–Crippen LogP) is 3.86. The number of carboxylic acid groups (broad SMARTS) is 1. The zero-order valence-electron chi connectivity index (χ0n) is 11.3. The van der Waals surface area contributed by atoms with Crippen molar-refractivity contribution in [1.82, 2.24) is 4.98 Å². The van der Waals surface area contributed by atoms with Crippen molar-refractivity contribution >= 4 is 16.9 Å². The SMILES string of the molecule is CCc1cc(C(=O)O)c2[nH]c(C)c(C(C)C)c2c1. The van der Waals surface area contributed by atoms with Gasteiger partial charge in [0, 0.05) is 11.1 Å². The number of benzene rings is 1. The van der Waals surface area contributed by atoms with Gasteiger partial charge in [0.2, 0.25) is 0 Å². The summed E-state index contributed by atoms with van der Waals surface area (Å²) in [4.78, 5) is 14.6. The first-order chi connectivity index (χ1) is 8.45. The molecule has 0 aliphatic heterocycles. The minimum Gasteiger partial charge on any atom is -0.478 e. The second-order valence-corrected chi connectivity index (χ2v) is 5.04. The molecule has 0 aliphatic carbocycles. The summed E-state index contributed by atoms with van der Waals surface area (Å²) in [5.41, 5.74) is 4.49. The van der Waals surface area contributed by atoms with Crippen molar-refractivity contribution in [2.45, 2.75) is 40.0 Å². The Kier molecular flexibility index (Phi) is 3.16. The molecule has 0 saturated heterocycles. The highest BCUT2D eigenvalue weighted by Crippen LogP contribution is 2.31. The molecule has 0 unspecified atom stereocenters. The number of H-pyrrole nitrogens is 1. The van der Waals surface area contributed by atoms with E-state index in [1.165, 1.54) is 5.56 Å². The third-order valence-electron chi connectivity index (χ3n) is 3.42. The van der Waals surface area contributed by atoms with E-state index in [-0.39, 0.29) is 0 Å². The molecule has 18 heavy (non-hydrogen) atoms. The monoisotopic (exact) mass is 245 g/mol. The van der Waals surface area contributed by atoms with E-state index in [0.717, 1.165) is 28.6 Å². The zero-order valence-corrected chi connectivity index (χ0v) is 11.3. The van der Waals surface area contributed by atoms with Crippen LogP contribution in [0.5, 0.6) is 0 Å². The predicted molar refractivity (Wildman–Crippen MR) is 73.5 cm³/mol. The normalized spacial score (nSPS) is 11.4. The summed E-state index contributed by atoms with van der Waals surface area (Å²) >= 11 is 0. The fourth-order valence-corrected chi connectivity index (χ4v) is 2.62. The molecule has 1 aromatic carbocycles. The van der Waals surface area contributed by atoms with Crippen molar-refractivity contribution in [3.8, 4) is 0 Å². The Hall–Kier alpha value is -1.77. The summed E-state index contributed by atoms with van der Waals surface area (Å²) < 4.78 is 0. The van der Waals surface area contributed by atoms with Crippen LogP contribution in [0, 0.1) is 6.92 Å². The molecule has 0 saturated carbocycles. The Labute approximate surface area is 107 Å². The zero-order chi connectivity index (χ0) is 13.4. The van der Waals surface area contributed by atoms with E-state index in [4.69, 9.17) is 0 Å². The van der Waals surface area contributed by atoms with Gasteiger partial charge >= 0.3 is 5.97 Å². The van der Waals surface area contributed by atoms with Crippen LogP contribution in [0.15, 0.2) is 12.1 Å². The van der Waals surface area contributed by atoms with Crippen LogP contribution in [0.25, 0.3) is 10.9 Å². The molecule has 3 nitrogen and oxygen atoms in total. The lowest BCUT2D eigenvalue weighted by atomic mass is 9.96. The molecule has 0 aliphatic rings. The van der Waals surface area contributed by atoms with Crippen molar-refractivity contribution in [1.29, 1.82) is 0 Å². The molecule has 96 valence electrons. The van der Waals surface area contributed by atoms with Gasteiger partial charge < -0.3 is 10.1 Å². The van der Waals surface area contributed by atoms with Crippen molar-refractivity contribution in [3.05, 3.63) is 34.5 Å². The molecule has 3 heteroatoms. The van der Waals surface area contributed by atoms with E-state index in [0.29, 0.717) is 11.5 Å². The van der Waals surface area contributed by atoms with Gasteiger partial charge in [-0.2, -0.15) is 0 Å². The van der Waals surface area contributed by atoms with E-state index < -0.39 is 5.97 Å². The van der Waals surface area contributed by atoms with Gasteiger partial charge in [-0.15, -0.1) is 0 Å². The molecule has 0 amide bonds. The number of carboxylic acids is 1. The molecule has 0 atom stereocenters. The third kappa shape index (κ3) is 1.90. The van der Waals surface area contributed by atoms with Crippen LogP contribution in [0.4, 0.5) is 0 Å². The van der Waals surface area contributed by atoms with Gasteiger partial charge in [-0.25, -0.2) is 4.79 Å². The summed E-state index contributed by atoms with van der Waals surface area (Å²) in [7, 11) is 0. The quantitative estimate of drug-likeness (QED) is 0.862. The van der Waals surface area contributed by atoms with Crippen LogP contribution in [0.3, 0.4) is 0 Å². The van der Waals surface area contributed by atoms with Gasteiger partial charge in [0.05, 0.1) is 11.1 Å². The molecule has 2 rings (SSSR count). The molecule has 1 aromatic heterocycles. The Morgan fingerprint density at radius 3 is 2.56 bits per heavy atom. The molecule has 2 N–H and O–H groups in total. The van der Waals surface area contributed by atoms with Gasteiger partial charge in [0.1, 0.15) is 0 Å². The van der Waals surface area contributed by atoms with Crippen LogP contribution in [-0.4, -0.2) is 16.1 Å². The van der Waals surface area contributed by atoms with E-state index in [1.807, 2.05) is 13.8 Å². The Morgan fingerprint density at radius 2 is 2.06 bits per heavy atom. The first kappa shape index (κ1) is 12.7. The van der Waals surface area contributed by atoms with Gasteiger partial charge in [0.15, 0.2) is 0 Å². The van der Waals surface area contributed by atoms with Crippen molar-refractivity contribution in [3.63, 3.8) is 0 Å². The third-order valence-corrected chi connectivity index (χ3v) is 3.42. The fourth-order valence-electron chi connectivity index (χ4n) is 2.62. The lowest BCUT2D eigenvalue weighted by Crippen LogP contribution is -1.99. The summed E-state index contributed by atoms with van der Waals surface area (Å²) in [6, 6.07) is 3.88. The Bertz CT molecular complexity index is 608. The van der Waals surface area contributed by atoms with Gasteiger partial charge in [-0.05, 0) is 42.5 Å². The molecular formula is C15H19NO2. The number of hydrogen-bond acceptors (Lipinski definition) is 1. The first-order valence-electron chi connectivity index (χ1n) is 6.34. The molecular weight excluding hydrogens is 226 g/mol. The highest BCUT2D eigenvalue weighted by Gasteiger charge is 2.18. The number of fused-ring (bicyclic) bond motifs is 1. The van der Waals surface area contributed by atoms with Gasteiger partial charge in [-0.3, -0.25) is 0 Å². The van der Waals surface area contributed by atoms with E-state index >= 15 is 0 Å². The Balaban J connectivity index is 2.87. The maximum Gasteiger partial charge on any atom is 0.337 e. The number of aromatic amines is 1. The molecule has 1 heterocycles. The maximum absolute atomic E-state index is 11.4. The summed E-state index contributed by atoms with van der Waals surface area (Å²) in [5.74, 6) is -0.487. The molecule has 0 bridgehead atoms. The average molecular weight is 245 g/mol. The van der Waals surface area contributed by atoms with Crippen molar-refractivity contribution in [2.75, 3.05) is 0 Å². The highest BCUT2D eigenvalue weighted by molar-refractivity contribution is 6.04. The number of carbonyl (C=O) groups is 1. The number of nitrogens with one attached hydrogen (secondary N) is 1. The van der Waals surface area contributed by atoms with E-state index in [9.17, 15) is 9.90 Å². The maximum atomic E-state index is 11.4. The van der Waals surface area contributed by atoms with Crippen LogP contribution in [-0.2, 0) is 6.42 Å². The summed E-state index contributed by atoms with van der Waals surface area (Å²) in [6.07, 6.45) is 0.845. The highest BCUT2D eigenvalue weighted by atomic mass is 16.4. The average Bonchev–Trinajstić information content (AvgIpc) is 2.62. The summed E-state index contributed by atoms with van der Waals surface area (Å²) in [6.45, 7) is 8.32. The van der Waals surface area contributed by atoms with Gasteiger partial charge in [0.25, 0.3) is 0 Å². The molecule has 0 fully saturated rings. The number of aromatic carboxylic acids is 1. The summed E-state index contributed by atoms with van der Waals surface area (Å²) in [5, 5.41) is 10.4. The van der Waals surface area contributed by atoms with Crippen molar-refractivity contribution in [2.24, 2.45) is 0 Å². The molecule has 0 radical (unpaired) electrons. The molecule has 2 aromatic rings. The number of hydrogen-bond donors (Lipinski definition) is 2. The van der Waals surface area contributed by atoms with Crippen LogP contribution >= 0.6 is 0 Å². The first-order valence-corrected chi connectivity index (χ1v) is 6.34. The Morgan fingerprint density at radius 1 is 1.39 bits per heavy atom. The lowest BCUT2D eigenvalue weighted by molar-refractivity contribution is 0.0698. The van der Waals surface area contributed by atoms with E-state index in [2.05, 4.69) is 24.9 Å². The topological polar surface area (TPSA) is 53.1 Å². The van der Waals surface area contributed by atoms with E-state index in [1.54, 1.807) is 6.07 Å². The van der Waals surface area contributed by atoms with Crippen molar-refractivity contribution < 1.29 is 9.90 Å². The fraction of sp³-hybridized carbons (Fsp3) is 0.400. The van der Waals surface area contributed by atoms with Crippen LogP contribution < -0.4 is 0 Å². The second-order valence-electron chi connectivity index (χ2n) is 5.04. The minimum absolute atomic E-state index is 0.374. The van der Waals surface area contributed by atoms with Crippen LogP contribution in [0.1, 0.15) is 53.9 Å². The largest absolute Gasteiger partial charge is 0.478 e. The number of aromatic nitrogens is 1. The second kappa shape index (κ2) is 4.48. The number of rotatable bonds is 3. The van der Waals surface area contributed by atoms with Crippen LogP contribution in [0.2, 0.25) is 0 Å². The molecule has 0 spiro atoms. The lowest BCUT2D eigenvalue weighted by Gasteiger charge is -2.07. The number of aryl methyl sites for hydroxylation is 2.